The summed E-state index contributed by atoms with van der Waals surface area (Å²) in [6.45, 7) is 2.74. The van der Waals surface area contributed by atoms with Crippen molar-refractivity contribution in [2.45, 2.75) is 26.4 Å². The second-order valence-electron chi connectivity index (χ2n) is 9.04. The molecule has 0 radical (unpaired) electrons. The van der Waals surface area contributed by atoms with Crippen LogP contribution in [-0.4, -0.2) is 41.9 Å². The van der Waals surface area contributed by atoms with Crippen molar-refractivity contribution in [1.29, 1.82) is 0 Å². The maximum atomic E-state index is 12.8. The summed E-state index contributed by atoms with van der Waals surface area (Å²) in [6, 6.07) is 22.5. The number of nitrogens with zero attached hydrogens (tertiary/aromatic N) is 3. The Kier molecular flexibility index (Phi) is 8.20. The highest BCUT2D eigenvalue weighted by Gasteiger charge is 2.18. The van der Waals surface area contributed by atoms with Gasteiger partial charge in [-0.15, -0.1) is 10.2 Å². The SMILES string of the molecule is CCCCNc1ccccc1C(=O)OCc1nnc(-c2cc(-c3ccc(OC)c(OC)c3)nc3ccccc23)o1. The number of unbranched alkanes of at least 4 members (excludes halogenated alkanes) is 1. The van der Waals surface area contributed by atoms with Crippen LogP contribution in [0.3, 0.4) is 0 Å². The average molecular weight is 539 g/mol. The highest BCUT2D eigenvalue weighted by atomic mass is 16.5. The molecule has 0 aliphatic carbocycles. The molecule has 0 aliphatic heterocycles. The third-order valence-electron chi connectivity index (χ3n) is 6.41. The Morgan fingerprint density at radius 3 is 2.55 bits per heavy atom. The quantitative estimate of drug-likeness (QED) is 0.148. The normalized spacial score (nSPS) is 10.9. The molecule has 2 heterocycles. The van der Waals surface area contributed by atoms with Gasteiger partial charge >= 0.3 is 5.97 Å². The van der Waals surface area contributed by atoms with Gasteiger partial charge in [-0.1, -0.05) is 43.7 Å². The van der Waals surface area contributed by atoms with E-state index in [1.165, 1.54) is 0 Å². The fourth-order valence-electron chi connectivity index (χ4n) is 4.34. The molecule has 0 fully saturated rings. The molecule has 2 aromatic heterocycles. The summed E-state index contributed by atoms with van der Waals surface area (Å²) in [5, 5.41) is 12.5. The number of esters is 1. The predicted octanol–water partition coefficient (Wildman–Crippen LogP) is 6.54. The van der Waals surface area contributed by atoms with Gasteiger partial charge in [0, 0.05) is 23.2 Å². The van der Waals surface area contributed by atoms with E-state index in [0.717, 1.165) is 41.5 Å². The minimum absolute atomic E-state index is 0.152. The van der Waals surface area contributed by atoms with Gasteiger partial charge in [-0.05, 0) is 48.9 Å². The van der Waals surface area contributed by atoms with Crippen molar-refractivity contribution in [2.24, 2.45) is 0 Å². The fourth-order valence-corrected chi connectivity index (χ4v) is 4.34. The first kappa shape index (κ1) is 26.7. The molecule has 0 atom stereocenters. The zero-order valence-electron chi connectivity index (χ0n) is 22.6. The number of carbonyl (C=O) groups excluding carboxylic acids is 1. The lowest BCUT2D eigenvalue weighted by Gasteiger charge is -2.11. The summed E-state index contributed by atoms with van der Waals surface area (Å²) in [5.41, 5.74) is 4.21. The molecule has 3 aromatic carbocycles. The van der Waals surface area contributed by atoms with Crippen molar-refractivity contribution in [3.63, 3.8) is 0 Å². The Labute approximate surface area is 232 Å². The number of hydrogen-bond acceptors (Lipinski definition) is 9. The molecule has 40 heavy (non-hydrogen) atoms. The minimum atomic E-state index is -0.468. The Balaban J connectivity index is 1.40. The first-order valence-electron chi connectivity index (χ1n) is 13.1. The number of fused-ring (bicyclic) bond motifs is 1. The molecule has 1 N–H and O–H groups in total. The molecule has 0 bridgehead atoms. The Morgan fingerprint density at radius 1 is 0.925 bits per heavy atom. The molecule has 0 spiro atoms. The molecule has 204 valence electrons. The van der Waals surface area contributed by atoms with Gasteiger partial charge in [0.05, 0.1) is 36.6 Å². The Bertz CT molecular complexity index is 1630. The standard InChI is InChI=1S/C31H30N4O5/c1-4-5-16-32-24-12-8-7-11-22(24)31(36)39-19-29-34-35-30(40-29)23-18-26(33-25-13-9-6-10-21(23)25)20-14-15-27(37-2)28(17-20)38-3/h6-15,17-18,32H,4-5,16,19H2,1-3H3. The molecule has 9 heteroatoms. The molecule has 5 aromatic rings. The summed E-state index contributed by atoms with van der Waals surface area (Å²) < 4.78 is 22.3. The first-order chi connectivity index (χ1) is 19.6. The highest BCUT2D eigenvalue weighted by Crippen LogP contribution is 2.35. The van der Waals surface area contributed by atoms with Crippen LogP contribution in [0.1, 0.15) is 36.0 Å². The zero-order chi connectivity index (χ0) is 27.9. The lowest BCUT2D eigenvalue weighted by Crippen LogP contribution is -2.10. The van der Waals surface area contributed by atoms with Crippen LogP contribution in [0.4, 0.5) is 5.69 Å². The third kappa shape index (κ3) is 5.73. The van der Waals surface area contributed by atoms with Gasteiger partial charge in [-0.2, -0.15) is 0 Å². The topological polar surface area (TPSA) is 109 Å². The van der Waals surface area contributed by atoms with Crippen molar-refractivity contribution in [2.75, 3.05) is 26.1 Å². The molecule has 0 saturated carbocycles. The van der Waals surface area contributed by atoms with E-state index >= 15 is 0 Å². The summed E-state index contributed by atoms with van der Waals surface area (Å²) in [7, 11) is 3.19. The maximum absolute atomic E-state index is 12.8. The number of hydrogen-bond donors (Lipinski definition) is 1. The lowest BCUT2D eigenvalue weighted by molar-refractivity contribution is 0.0440. The van der Waals surface area contributed by atoms with Gasteiger partial charge in [-0.25, -0.2) is 9.78 Å². The molecule has 9 nitrogen and oxygen atoms in total. The van der Waals surface area contributed by atoms with E-state index in [9.17, 15) is 4.79 Å². The van der Waals surface area contributed by atoms with Gasteiger partial charge in [0.2, 0.25) is 5.89 Å². The Hall–Kier alpha value is -4.92. The van der Waals surface area contributed by atoms with Crippen LogP contribution in [0.5, 0.6) is 11.5 Å². The van der Waals surface area contributed by atoms with Crippen LogP contribution in [-0.2, 0) is 11.3 Å². The molecule has 5 rings (SSSR count). The van der Waals surface area contributed by atoms with Crippen molar-refractivity contribution >= 4 is 22.6 Å². The first-order valence-corrected chi connectivity index (χ1v) is 13.1. The van der Waals surface area contributed by atoms with Crippen LogP contribution < -0.4 is 14.8 Å². The number of aromatic nitrogens is 3. The van der Waals surface area contributed by atoms with Gasteiger partial charge < -0.3 is 23.9 Å². The summed E-state index contributed by atoms with van der Waals surface area (Å²) in [5.74, 6) is 1.24. The number of benzene rings is 3. The number of nitrogens with one attached hydrogen (secondary N) is 1. The van der Waals surface area contributed by atoms with E-state index in [4.69, 9.17) is 23.6 Å². The number of rotatable bonds is 11. The summed E-state index contributed by atoms with van der Waals surface area (Å²) in [4.78, 5) is 17.7. The van der Waals surface area contributed by atoms with E-state index in [-0.39, 0.29) is 12.5 Å². The van der Waals surface area contributed by atoms with E-state index in [2.05, 4.69) is 22.4 Å². The monoisotopic (exact) mass is 538 g/mol. The van der Waals surface area contributed by atoms with Gasteiger partial charge in [-0.3, -0.25) is 0 Å². The molecular weight excluding hydrogens is 508 g/mol. The van der Waals surface area contributed by atoms with Crippen molar-refractivity contribution in [1.82, 2.24) is 15.2 Å². The smallest absolute Gasteiger partial charge is 0.340 e. The molecule has 0 amide bonds. The van der Waals surface area contributed by atoms with E-state index in [1.807, 2.05) is 60.7 Å². The maximum Gasteiger partial charge on any atom is 0.340 e. The molecule has 0 saturated heterocycles. The van der Waals surface area contributed by atoms with E-state index < -0.39 is 5.97 Å². The van der Waals surface area contributed by atoms with Crippen molar-refractivity contribution < 1.29 is 23.4 Å². The van der Waals surface area contributed by atoms with E-state index in [0.29, 0.717) is 34.2 Å². The second kappa shape index (κ2) is 12.3. The zero-order valence-corrected chi connectivity index (χ0v) is 22.6. The van der Waals surface area contributed by atoms with Crippen LogP contribution >= 0.6 is 0 Å². The van der Waals surface area contributed by atoms with E-state index in [1.54, 1.807) is 26.4 Å². The lowest BCUT2D eigenvalue weighted by atomic mass is 10.0. The van der Waals surface area contributed by atoms with Crippen molar-refractivity contribution in [3.8, 4) is 34.2 Å². The average Bonchev–Trinajstić information content (AvgIpc) is 3.48. The van der Waals surface area contributed by atoms with Gasteiger partial charge in [0.25, 0.3) is 5.89 Å². The molecule has 0 aliphatic rings. The predicted molar refractivity (Wildman–Crippen MR) is 153 cm³/mol. The number of carbonyl (C=O) groups is 1. The summed E-state index contributed by atoms with van der Waals surface area (Å²) >= 11 is 0. The molecular formula is C31H30N4O5. The largest absolute Gasteiger partial charge is 0.493 e. The fraction of sp³-hybridized carbons (Fsp3) is 0.226. The van der Waals surface area contributed by atoms with Gasteiger partial charge in [0.1, 0.15) is 0 Å². The third-order valence-corrected chi connectivity index (χ3v) is 6.41. The Morgan fingerprint density at radius 2 is 1.73 bits per heavy atom. The number of para-hydroxylation sites is 2. The molecule has 0 unspecified atom stereocenters. The van der Waals surface area contributed by atoms with Crippen LogP contribution in [0.2, 0.25) is 0 Å². The number of ether oxygens (including phenoxy) is 3. The van der Waals surface area contributed by atoms with Gasteiger partial charge in [0.15, 0.2) is 18.1 Å². The summed E-state index contributed by atoms with van der Waals surface area (Å²) in [6.07, 6.45) is 2.06. The second-order valence-corrected chi connectivity index (χ2v) is 9.04. The number of anilines is 1. The van der Waals surface area contributed by atoms with Crippen molar-refractivity contribution in [3.05, 3.63) is 84.3 Å². The number of pyridine rings is 1. The van der Waals surface area contributed by atoms with Crippen LogP contribution in [0.25, 0.3) is 33.6 Å². The highest BCUT2D eigenvalue weighted by molar-refractivity contribution is 5.96. The number of methoxy groups -OCH3 is 2. The van der Waals surface area contributed by atoms with Crippen LogP contribution in [0, 0.1) is 0 Å². The minimum Gasteiger partial charge on any atom is -0.493 e. The van der Waals surface area contributed by atoms with Crippen LogP contribution in [0.15, 0.2) is 77.2 Å².